The lowest BCUT2D eigenvalue weighted by molar-refractivity contribution is 0.486. The van der Waals surface area contributed by atoms with Crippen molar-refractivity contribution in [3.05, 3.63) is 59.7 Å². The minimum atomic E-state index is 0.709. The van der Waals surface area contributed by atoms with Gasteiger partial charge in [-0.15, -0.1) is 0 Å². The monoisotopic (exact) mass is 277 g/mol. The van der Waals surface area contributed by atoms with Gasteiger partial charge in [-0.05, 0) is 47.6 Å². The van der Waals surface area contributed by atoms with Crippen molar-refractivity contribution in [2.45, 2.75) is 39.5 Å². The van der Waals surface area contributed by atoms with Gasteiger partial charge in [0.1, 0.15) is 0 Å². The molecule has 0 aliphatic carbocycles. The van der Waals surface area contributed by atoms with E-state index in [-0.39, 0.29) is 0 Å². The van der Waals surface area contributed by atoms with Gasteiger partial charge in [0.25, 0.3) is 0 Å². The Morgan fingerprint density at radius 2 is 1.48 bits per heavy atom. The van der Waals surface area contributed by atoms with Crippen molar-refractivity contribution >= 4 is 0 Å². The van der Waals surface area contributed by atoms with E-state index in [1.165, 1.54) is 36.0 Å². The fraction of sp³-hybridized carbons (Fsp3) is 0.350. The second-order valence-corrected chi connectivity index (χ2v) is 5.82. The summed E-state index contributed by atoms with van der Waals surface area (Å²) in [6.07, 6.45) is 5.03. The molecule has 0 spiro atoms. The van der Waals surface area contributed by atoms with Gasteiger partial charge in [-0.2, -0.15) is 5.26 Å². The molecule has 0 fully saturated rings. The Bertz CT molecular complexity index is 587. The van der Waals surface area contributed by atoms with Crippen LogP contribution < -0.4 is 0 Å². The highest BCUT2D eigenvalue weighted by molar-refractivity contribution is 5.64. The first kappa shape index (κ1) is 15.3. The quantitative estimate of drug-likeness (QED) is 0.674. The number of hydrogen-bond donors (Lipinski definition) is 0. The molecule has 0 N–H and O–H groups in total. The van der Waals surface area contributed by atoms with Crippen LogP contribution in [0.4, 0.5) is 0 Å². The maximum Gasteiger partial charge on any atom is 0.0991 e. The third kappa shape index (κ3) is 4.46. The minimum absolute atomic E-state index is 0.709. The zero-order chi connectivity index (χ0) is 15.1. The van der Waals surface area contributed by atoms with Crippen molar-refractivity contribution in [2.75, 3.05) is 0 Å². The molecular formula is C20H23N. The van der Waals surface area contributed by atoms with Crippen LogP contribution in [0.15, 0.2) is 48.5 Å². The Labute approximate surface area is 128 Å². The van der Waals surface area contributed by atoms with E-state index in [0.717, 1.165) is 12.3 Å². The predicted octanol–water partition coefficient (Wildman–Crippen LogP) is 5.59. The summed E-state index contributed by atoms with van der Waals surface area (Å²) in [6.45, 7) is 4.59. The van der Waals surface area contributed by atoms with Gasteiger partial charge in [-0.3, -0.25) is 0 Å². The molecule has 0 saturated carbocycles. The molecule has 0 amide bonds. The Balaban J connectivity index is 1.99. The third-order valence-corrected chi connectivity index (χ3v) is 4.01. The Hall–Kier alpha value is -2.07. The van der Waals surface area contributed by atoms with Crippen LogP contribution in [0.2, 0.25) is 0 Å². The van der Waals surface area contributed by atoms with E-state index >= 15 is 0 Å². The maximum absolute atomic E-state index is 8.83. The van der Waals surface area contributed by atoms with Crippen LogP contribution in [0, 0.1) is 17.2 Å². The fourth-order valence-electron chi connectivity index (χ4n) is 2.65. The Kier molecular flexibility index (Phi) is 5.58. The molecule has 1 unspecified atom stereocenters. The first-order valence-corrected chi connectivity index (χ1v) is 7.82. The van der Waals surface area contributed by atoms with Crippen molar-refractivity contribution in [3.63, 3.8) is 0 Å². The van der Waals surface area contributed by atoms with Gasteiger partial charge in [-0.1, -0.05) is 63.1 Å². The van der Waals surface area contributed by atoms with Gasteiger partial charge in [0.2, 0.25) is 0 Å². The first-order valence-electron chi connectivity index (χ1n) is 7.82. The average molecular weight is 277 g/mol. The molecule has 0 saturated heterocycles. The van der Waals surface area contributed by atoms with Gasteiger partial charge >= 0.3 is 0 Å². The summed E-state index contributed by atoms with van der Waals surface area (Å²) >= 11 is 0. The van der Waals surface area contributed by atoms with Crippen molar-refractivity contribution < 1.29 is 0 Å². The number of nitrogens with zero attached hydrogens (tertiary/aromatic N) is 1. The minimum Gasteiger partial charge on any atom is -0.192 e. The summed E-state index contributed by atoms with van der Waals surface area (Å²) in [4.78, 5) is 0. The van der Waals surface area contributed by atoms with Crippen molar-refractivity contribution in [2.24, 2.45) is 5.92 Å². The highest BCUT2D eigenvalue weighted by atomic mass is 14.2. The smallest absolute Gasteiger partial charge is 0.0991 e. The molecule has 2 rings (SSSR count). The first-order chi connectivity index (χ1) is 10.2. The molecule has 0 aliphatic heterocycles. The number of hydrogen-bond acceptors (Lipinski definition) is 1. The van der Waals surface area contributed by atoms with E-state index < -0.39 is 0 Å². The molecule has 2 aromatic rings. The zero-order valence-electron chi connectivity index (χ0n) is 13.0. The number of rotatable bonds is 6. The van der Waals surface area contributed by atoms with E-state index in [0.29, 0.717) is 5.56 Å². The fourth-order valence-corrected chi connectivity index (χ4v) is 2.65. The third-order valence-electron chi connectivity index (χ3n) is 4.01. The highest BCUT2D eigenvalue weighted by Gasteiger charge is 2.03. The molecule has 108 valence electrons. The number of benzene rings is 2. The van der Waals surface area contributed by atoms with E-state index in [9.17, 15) is 0 Å². The molecule has 0 aromatic heterocycles. The van der Waals surface area contributed by atoms with E-state index in [4.69, 9.17) is 5.26 Å². The molecule has 0 radical (unpaired) electrons. The van der Waals surface area contributed by atoms with E-state index in [1.54, 1.807) is 0 Å². The topological polar surface area (TPSA) is 23.8 Å². The van der Waals surface area contributed by atoms with Gasteiger partial charge < -0.3 is 0 Å². The largest absolute Gasteiger partial charge is 0.192 e. The Morgan fingerprint density at radius 1 is 0.905 bits per heavy atom. The second kappa shape index (κ2) is 7.64. The van der Waals surface area contributed by atoms with Crippen LogP contribution in [0.25, 0.3) is 11.1 Å². The molecular weight excluding hydrogens is 254 g/mol. The zero-order valence-corrected chi connectivity index (χ0v) is 13.0. The van der Waals surface area contributed by atoms with E-state index in [1.807, 2.05) is 24.3 Å². The summed E-state index contributed by atoms with van der Waals surface area (Å²) in [5, 5.41) is 8.83. The van der Waals surface area contributed by atoms with E-state index in [2.05, 4.69) is 44.2 Å². The average Bonchev–Trinajstić information content (AvgIpc) is 2.54. The summed E-state index contributed by atoms with van der Waals surface area (Å²) in [7, 11) is 0. The molecule has 0 bridgehead atoms. The lowest BCUT2D eigenvalue weighted by Crippen LogP contribution is -1.96. The molecule has 2 aromatic carbocycles. The van der Waals surface area contributed by atoms with Gasteiger partial charge in [0, 0.05) is 0 Å². The second-order valence-electron chi connectivity index (χ2n) is 5.82. The van der Waals surface area contributed by atoms with Crippen LogP contribution in [-0.4, -0.2) is 0 Å². The molecule has 0 aliphatic rings. The highest BCUT2D eigenvalue weighted by Crippen LogP contribution is 2.21. The van der Waals surface area contributed by atoms with Crippen LogP contribution in [0.5, 0.6) is 0 Å². The molecule has 1 heteroatoms. The van der Waals surface area contributed by atoms with Gasteiger partial charge in [-0.25, -0.2) is 0 Å². The van der Waals surface area contributed by atoms with Crippen LogP contribution in [0.3, 0.4) is 0 Å². The lowest BCUT2D eigenvalue weighted by atomic mass is 9.96. The predicted molar refractivity (Wildman–Crippen MR) is 89.0 cm³/mol. The summed E-state index contributed by atoms with van der Waals surface area (Å²) < 4.78 is 0. The lowest BCUT2D eigenvalue weighted by Gasteiger charge is -2.10. The van der Waals surface area contributed by atoms with Crippen LogP contribution in [-0.2, 0) is 6.42 Å². The molecule has 1 nitrogen and oxygen atoms in total. The van der Waals surface area contributed by atoms with Crippen molar-refractivity contribution in [3.8, 4) is 17.2 Å². The van der Waals surface area contributed by atoms with Crippen molar-refractivity contribution in [1.82, 2.24) is 0 Å². The summed E-state index contributed by atoms with van der Waals surface area (Å²) in [6, 6.07) is 18.7. The van der Waals surface area contributed by atoms with Gasteiger partial charge in [0.05, 0.1) is 11.6 Å². The summed E-state index contributed by atoms with van der Waals surface area (Å²) in [5.41, 5.74) is 4.50. The SMILES string of the molecule is CCCC(C)CCc1ccc(-c2ccc(C#N)cc2)cc1. The number of aryl methyl sites for hydroxylation is 1. The Morgan fingerprint density at radius 3 is 2.00 bits per heavy atom. The standard InChI is InChI=1S/C20H23N/c1-3-4-16(2)5-6-17-7-11-19(12-8-17)20-13-9-18(15-21)10-14-20/h7-14,16H,3-6H2,1-2H3. The van der Waals surface area contributed by atoms with Gasteiger partial charge in [0.15, 0.2) is 0 Å². The molecule has 21 heavy (non-hydrogen) atoms. The number of nitriles is 1. The van der Waals surface area contributed by atoms with Crippen molar-refractivity contribution in [1.29, 1.82) is 5.26 Å². The van der Waals surface area contributed by atoms with Crippen LogP contribution in [0.1, 0.15) is 44.2 Å². The summed E-state index contributed by atoms with van der Waals surface area (Å²) in [5.74, 6) is 0.813. The maximum atomic E-state index is 8.83. The molecule has 0 heterocycles. The molecule has 1 atom stereocenters. The normalized spacial score (nSPS) is 11.9. The van der Waals surface area contributed by atoms with Crippen LogP contribution >= 0.6 is 0 Å².